The van der Waals surface area contributed by atoms with E-state index in [0.717, 1.165) is 29.6 Å². The molecule has 0 aliphatic rings. The van der Waals surface area contributed by atoms with Crippen LogP contribution in [0.3, 0.4) is 0 Å². The summed E-state index contributed by atoms with van der Waals surface area (Å²) in [4.78, 5) is 12.4. The first kappa shape index (κ1) is 16.1. The summed E-state index contributed by atoms with van der Waals surface area (Å²) >= 11 is 0. The van der Waals surface area contributed by atoms with E-state index in [2.05, 4.69) is 21.6 Å². The number of hydrogen-bond donors (Lipinski definition) is 1. The molecular formula is C20H19N5O. The minimum atomic E-state index is -0.0793. The lowest BCUT2D eigenvalue weighted by Crippen LogP contribution is -2.25. The summed E-state index contributed by atoms with van der Waals surface area (Å²) in [6, 6.07) is 17.4. The number of aromatic nitrogens is 4. The van der Waals surface area contributed by atoms with Crippen LogP contribution in [-0.4, -0.2) is 32.0 Å². The van der Waals surface area contributed by atoms with Gasteiger partial charge in [0.2, 0.25) is 0 Å². The second-order valence-corrected chi connectivity index (χ2v) is 6.04. The van der Waals surface area contributed by atoms with Crippen molar-refractivity contribution in [3.8, 4) is 5.69 Å². The quantitative estimate of drug-likeness (QED) is 0.546. The molecular weight excluding hydrogens is 326 g/mol. The summed E-state index contributed by atoms with van der Waals surface area (Å²) in [7, 11) is 0. The molecule has 1 amide bonds. The number of carbonyl (C=O) groups is 1. The molecule has 0 radical (unpaired) electrons. The Morgan fingerprint density at radius 3 is 2.85 bits per heavy atom. The first-order valence-corrected chi connectivity index (χ1v) is 8.60. The lowest BCUT2D eigenvalue weighted by molar-refractivity contribution is 0.0952. The number of carbonyl (C=O) groups excluding carboxylic acids is 1. The summed E-state index contributed by atoms with van der Waals surface area (Å²) in [5.74, 6) is -0.0793. The van der Waals surface area contributed by atoms with Crippen molar-refractivity contribution in [2.75, 3.05) is 6.54 Å². The van der Waals surface area contributed by atoms with Crippen LogP contribution >= 0.6 is 0 Å². The zero-order valence-electron chi connectivity index (χ0n) is 14.2. The van der Waals surface area contributed by atoms with Gasteiger partial charge in [0.1, 0.15) is 0 Å². The maximum atomic E-state index is 12.4. The van der Waals surface area contributed by atoms with Crippen molar-refractivity contribution >= 4 is 16.8 Å². The second-order valence-electron chi connectivity index (χ2n) is 6.04. The Labute approximate surface area is 151 Å². The van der Waals surface area contributed by atoms with Gasteiger partial charge in [0.15, 0.2) is 0 Å². The summed E-state index contributed by atoms with van der Waals surface area (Å²) in [5.41, 5.74) is 2.61. The number of nitrogens with one attached hydrogen (secondary N) is 1. The minimum absolute atomic E-state index is 0.0793. The highest BCUT2D eigenvalue weighted by Crippen LogP contribution is 2.13. The highest BCUT2D eigenvalue weighted by atomic mass is 16.1. The van der Waals surface area contributed by atoms with Crippen LogP contribution in [0.25, 0.3) is 16.6 Å². The number of fused-ring (bicyclic) bond motifs is 1. The zero-order valence-corrected chi connectivity index (χ0v) is 14.2. The van der Waals surface area contributed by atoms with Gasteiger partial charge in [-0.3, -0.25) is 9.48 Å². The zero-order chi connectivity index (χ0) is 17.8. The van der Waals surface area contributed by atoms with Gasteiger partial charge >= 0.3 is 0 Å². The third-order valence-electron chi connectivity index (χ3n) is 4.26. The molecule has 0 atom stereocenters. The summed E-state index contributed by atoms with van der Waals surface area (Å²) in [6.45, 7) is 1.36. The molecule has 0 aliphatic heterocycles. The van der Waals surface area contributed by atoms with E-state index in [0.29, 0.717) is 12.1 Å². The summed E-state index contributed by atoms with van der Waals surface area (Å²) < 4.78 is 3.71. The summed E-state index contributed by atoms with van der Waals surface area (Å²) in [6.07, 6.45) is 6.25. The average molecular weight is 345 g/mol. The molecule has 4 rings (SSSR count). The van der Waals surface area contributed by atoms with Crippen molar-refractivity contribution in [2.24, 2.45) is 0 Å². The molecule has 0 fully saturated rings. The topological polar surface area (TPSA) is 64.7 Å². The van der Waals surface area contributed by atoms with E-state index in [1.165, 1.54) is 0 Å². The molecule has 2 aromatic heterocycles. The SMILES string of the molecule is O=C(NCCCn1ncc2ccccc21)c1cccc(-n2cccn2)c1. The van der Waals surface area contributed by atoms with Crippen molar-refractivity contribution in [1.82, 2.24) is 24.9 Å². The molecule has 0 saturated carbocycles. The van der Waals surface area contributed by atoms with Crippen LogP contribution in [0.1, 0.15) is 16.8 Å². The number of hydrogen-bond acceptors (Lipinski definition) is 3. The molecule has 0 saturated heterocycles. The Morgan fingerprint density at radius 2 is 1.96 bits per heavy atom. The average Bonchev–Trinajstić information content (AvgIpc) is 3.35. The van der Waals surface area contributed by atoms with E-state index in [1.54, 1.807) is 10.9 Å². The van der Waals surface area contributed by atoms with E-state index in [9.17, 15) is 4.79 Å². The normalized spacial score (nSPS) is 10.9. The molecule has 2 heterocycles. The van der Waals surface area contributed by atoms with Crippen LogP contribution in [0, 0.1) is 0 Å². The van der Waals surface area contributed by atoms with Gasteiger partial charge in [-0.15, -0.1) is 0 Å². The Morgan fingerprint density at radius 1 is 1.04 bits per heavy atom. The van der Waals surface area contributed by atoms with Crippen LogP contribution in [0.2, 0.25) is 0 Å². The maximum Gasteiger partial charge on any atom is 0.251 e. The number of rotatable bonds is 6. The maximum absolute atomic E-state index is 12.4. The fraction of sp³-hybridized carbons (Fsp3) is 0.150. The molecule has 1 N–H and O–H groups in total. The predicted molar refractivity (Wildman–Crippen MR) is 100 cm³/mol. The van der Waals surface area contributed by atoms with Gasteiger partial charge < -0.3 is 5.32 Å². The van der Waals surface area contributed by atoms with Crippen LogP contribution < -0.4 is 5.32 Å². The highest BCUT2D eigenvalue weighted by molar-refractivity contribution is 5.94. The monoisotopic (exact) mass is 345 g/mol. The van der Waals surface area contributed by atoms with Gasteiger partial charge in [0.25, 0.3) is 5.91 Å². The molecule has 2 aromatic carbocycles. The van der Waals surface area contributed by atoms with Crippen LogP contribution in [0.5, 0.6) is 0 Å². The number of aryl methyl sites for hydroxylation is 1. The lowest BCUT2D eigenvalue weighted by atomic mass is 10.2. The van der Waals surface area contributed by atoms with E-state index in [4.69, 9.17) is 0 Å². The van der Waals surface area contributed by atoms with Crippen LogP contribution in [0.4, 0.5) is 0 Å². The van der Waals surface area contributed by atoms with Crippen molar-refractivity contribution < 1.29 is 4.79 Å². The number of benzene rings is 2. The van der Waals surface area contributed by atoms with Crippen LogP contribution in [-0.2, 0) is 6.54 Å². The van der Waals surface area contributed by atoms with Gasteiger partial charge in [-0.25, -0.2) is 4.68 Å². The Balaban J connectivity index is 1.34. The fourth-order valence-electron chi connectivity index (χ4n) is 2.95. The lowest BCUT2D eigenvalue weighted by Gasteiger charge is -2.08. The summed E-state index contributed by atoms with van der Waals surface area (Å²) in [5, 5.41) is 12.7. The van der Waals surface area contributed by atoms with Crippen molar-refractivity contribution in [2.45, 2.75) is 13.0 Å². The van der Waals surface area contributed by atoms with Gasteiger partial charge in [-0.05, 0) is 36.8 Å². The van der Waals surface area contributed by atoms with E-state index in [-0.39, 0.29) is 5.91 Å². The number of nitrogens with zero attached hydrogens (tertiary/aromatic N) is 4. The van der Waals surface area contributed by atoms with Crippen molar-refractivity contribution in [3.05, 3.63) is 78.8 Å². The van der Waals surface area contributed by atoms with Crippen LogP contribution in [0.15, 0.2) is 73.2 Å². The number of para-hydroxylation sites is 1. The molecule has 0 aliphatic carbocycles. The third kappa shape index (κ3) is 3.35. The van der Waals surface area contributed by atoms with Crippen molar-refractivity contribution in [1.29, 1.82) is 0 Å². The minimum Gasteiger partial charge on any atom is -0.352 e. The third-order valence-corrected chi connectivity index (χ3v) is 4.26. The van der Waals surface area contributed by atoms with Gasteiger partial charge in [-0.1, -0.05) is 24.3 Å². The molecule has 0 spiro atoms. The Hall–Kier alpha value is -3.41. The standard InChI is InChI=1S/C20H19N5O/c26-20(16-7-3-8-18(14-16)24-12-5-11-22-24)21-10-4-13-25-19-9-2-1-6-17(19)15-23-25/h1-3,5-9,11-12,14-15H,4,10,13H2,(H,21,26). The van der Waals surface area contributed by atoms with E-state index < -0.39 is 0 Å². The van der Waals surface area contributed by atoms with Gasteiger partial charge in [-0.2, -0.15) is 10.2 Å². The molecule has 130 valence electrons. The molecule has 6 heteroatoms. The fourth-order valence-corrected chi connectivity index (χ4v) is 2.95. The molecule has 26 heavy (non-hydrogen) atoms. The van der Waals surface area contributed by atoms with E-state index >= 15 is 0 Å². The predicted octanol–water partition coefficient (Wildman–Crippen LogP) is 3.04. The molecule has 0 unspecified atom stereocenters. The Bertz CT molecular complexity index is 1020. The largest absolute Gasteiger partial charge is 0.352 e. The van der Waals surface area contributed by atoms with Gasteiger partial charge in [0, 0.05) is 36.4 Å². The molecule has 6 nitrogen and oxygen atoms in total. The smallest absolute Gasteiger partial charge is 0.251 e. The molecule has 4 aromatic rings. The van der Waals surface area contributed by atoms with E-state index in [1.807, 2.05) is 65.6 Å². The molecule has 0 bridgehead atoms. The Kier molecular flexibility index (Phi) is 4.47. The van der Waals surface area contributed by atoms with Crippen molar-refractivity contribution in [3.63, 3.8) is 0 Å². The highest BCUT2D eigenvalue weighted by Gasteiger charge is 2.07. The first-order valence-electron chi connectivity index (χ1n) is 8.60. The second kappa shape index (κ2) is 7.23. The number of amides is 1. The van der Waals surface area contributed by atoms with Gasteiger partial charge in [0.05, 0.1) is 17.4 Å². The first-order chi connectivity index (χ1) is 12.8.